The van der Waals surface area contributed by atoms with E-state index in [1.807, 2.05) is 53.0 Å². The highest BCUT2D eigenvalue weighted by atomic mass is 16.5. The van der Waals surface area contributed by atoms with E-state index < -0.39 is 0 Å². The Hall–Kier alpha value is -2.07. The molecule has 0 bridgehead atoms. The smallest absolute Gasteiger partial charge is 0.270 e. The number of benzene rings is 1. The average molecular weight is 298 g/mol. The number of aryl methyl sites for hydroxylation is 1. The molecule has 116 valence electrons. The molecule has 0 aliphatic carbocycles. The quantitative estimate of drug-likeness (QED) is 0.869. The van der Waals surface area contributed by atoms with Crippen molar-refractivity contribution in [3.8, 4) is 0 Å². The molecule has 3 rings (SSSR count). The second kappa shape index (κ2) is 6.36. The Balaban J connectivity index is 1.83. The van der Waals surface area contributed by atoms with E-state index in [-0.39, 0.29) is 18.1 Å². The average Bonchev–Trinajstić information content (AvgIpc) is 3.14. The summed E-state index contributed by atoms with van der Waals surface area (Å²) in [6, 6.07) is 14.2. The molecule has 0 N–H and O–H groups in total. The predicted octanol–water partition coefficient (Wildman–Crippen LogP) is 2.50. The topological polar surface area (TPSA) is 34.5 Å². The minimum absolute atomic E-state index is 0.0907. The molecule has 1 aliphatic heterocycles. The van der Waals surface area contributed by atoms with E-state index in [9.17, 15) is 4.79 Å². The van der Waals surface area contributed by atoms with Gasteiger partial charge in [0.1, 0.15) is 5.69 Å². The first kappa shape index (κ1) is 14.9. The van der Waals surface area contributed by atoms with Gasteiger partial charge in [-0.1, -0.05) is 30.3 Å². The van der Waals surface area contributed by atoms with Crippen molar-refractivity contribution in [3.63, 3.8) is 0 Å². The molecular formula is C18H22N2O2. The van der Waals surface area contributed by atoms with Gasteiger partial charge in [-0.15, -0.1) is 0 Å². The molecule has 1 aromatic heterocycles. The zero-order chi connectivity index (χ0) is 15.5. The number of hydrogen-bond donors (Lipinski definition) is 0. The number of rotatable bonds is 4. The van der Waals surface area contributed by atoms with Crippen LogP contribution in [0.4, 0.5) is 0 Å². The van der Waals surface area contributed by atoms with Crippen molar-refractivity contribution in [1.82, 2.24) is 9.47 Å². The summed E-state index contributed by atoms with van der Waals surface area (Å²) in [6.07, 6.45) is 3.73. The molecule has 2 heterocycles. The van der Waals surface area contributed by atoms with E-state index >= 15 is 0 Å². The van der Waals surface area contributed by atoms with Crippen LogP contribution in [0.25, 0.3) is 0 Å². The zero-order valence-corrected chi connectivity index (χ0v) is 13.1. The van der Waals surface area contributed by atoms with Crippen LogP contribution in [-0.2, 0) is 18.2 Å². The lowest BCUT2D eigenvalue weighted by Gasteiger charge is -2.28. The lowest BCUT2D eigenvalue weighted by atomic mass is 10.0. The molecule has 2 atom stereocenters. The highest BCUT2D eigenvalue weighted by molar-refractivity contribution is 5.93. The van der Waals surface area contributed by atoms with Gasteiger partial charge < -0.3 is 14.2 Å². The van der Waals surface area contributed by atoms with Crippen LogP contribution in [0.2, 0.25) is 0 Å². The van der Waals surface area contributed by atoms with Gasteiger partial charge >= 0.3 is 0 Å². The molecule has 1 aromatic carbocycles. The first-order chi connectivity index (χ1) is 10.7. The Kier molecular flexibility index (Phi) is 4.29. The molecule has 0 radical (unpaired) electrons. The van der Waals surface area contributed by atoms with Crippen LogP contribution >= 0.6 is 0 Å². The highest BCUT2D eigenvalue weighted by Gasteiger charge is 2.38. The molecular weight excluding hydrogens is 276 g/mol. The third-order valence-electron chi connectivity index (χ3n) is 4.50. The number of nitrogens with zero attached hydrogens (tertiary/aromatic N) is 2. The Morgan fingerprint density at radius 2 is 2.00 bits per heavy atom. The van der Waals surface area contributed by atoms with Crippen molar-refractivity contribution in [1.29, 1.82) is 0 Å². The number of likely N-dealkylation sites (tertiary alicyclic amines) is 1. The van der Waals surface area contributed by atoms with Crippen LogP contribution in [0.15, 0.2) is 48.7 Å². The Morgan fingerprint density at radius 3 is 2.64 bits per heavy atom. The van der Waals surface area contributed by atoms with E-state index in [0.29, 0.717) is 0 Å². The van der Waals surface area contributed by atoms with E-state index in [4.69, 9.17) is 4.74 Å². The number of hydrogen-bond acceptors (Lipinski definition) is 2. The van der Waals surface area contributed by atoms with E-state index in [0.717, 1.165) is 25.1 Å². The first-order valence-corrected chi connectivity index (χ1v) is 7.69. The summed E-state index contributed by atoms with van der Waals surface area (Å²) in [4.78, 5) is 14.8. The number of ether oxygens (including phenoxy) is 1. The SMILES string of the molecule is CO[C@@H]1CCN(C(=O)c2cccn2C)[C@H]1Cc1ccccc1. The molecule has 1 saturated heterocycles. The van der Waals surface area contributed by atoms with Gasteiger partial charge in [0.2, 0.25) is 0 Å². The molecule has 0 unspecified atom stereocenters. The second-order valence-corrected chi connectivity index (χ2v) is 5.82. The number of methoxy groups -OCH3 is 1. The van der Waals surface area contributed by atoms with Crippen LogP contribution in [0.5, 0.6) is 0 Å². The fourth-order valence-electron chi connectivity index (χ4n) is 3.28. The molecule has 0 saturated carbocycles. The minimum Gasteiger partial charge on any atom is -0.379 e. The minimum atomic E-state index is 0.0907. The van der Waals surface area contributed by atoms with Crippen molar-refractivity contribution >= 4 is 5.91 Å². The van der Waals surface area contributed by atoms with E-state index in [2.05, 4.69) is 12.1 Å². The van der Waals surface area contributed by atoms with E-state index in [1.54, 1.807) is 7.11 Å². The highest BCUT2D eigenvalue weighted by Crippen LogP contribution is 2.26. The molecule has 1 amide bonds. The monoisotopic (exact) mass is 298 g/mol. The Bertz CT molecular complexity index is 636. The van der Waals surface area contributed by atoms with Crippen LogP contribution in [-0.4, -0.2) is 41.2 Å². The number of carbonyl (C=O) groups is 1. The predicted molar refractivity (Wildman–Crippen MR) is 85.8 cm³/mol. The second-order valence-electron chi connectivity index (χ2n) is 5.82. The maximum Gasteiger partial charge on any atom is 0.270 e. The van der Waals surface area contributed by atoms with Gasteiger partial charge in [0.25, 0.3) is 5.91 Å². The third kappa shape index (κ3) is 2.79. The maximum atomic E-state index is 12.8. The molecule has 2 aromatic rings. The van der Waals surface area contributed by atoms with Crippen LogP contribution in [0, 0.1) is 0 Å². The summed E-state index contributed by atoms with van der Waals surface area (Å²) in [5.74, 6) is 0.0907. The summed E-state index contributed by atoms with van der Waals surface area (Å²) in [5.41, 5.74) is 1.97. The lowest BCUT2D eigenvalue weighted by Crippen LogP contribution is -2.42. The lowest BCUT2D eigenvalue weighted by molar-refractivity contribution is 0.0502. The summed E-state index contributed by atoms with van der Waals surface area (Å²) < 4.78 is 7.50. The third-order valence-corrected chi connectivity index (χ3v) is 4.50. The van der Waals surface area contributed by atoms with Gasteiger partial charge in [0.15, 0.2) is 0 Å². The van der Waals surface area contributed by atoms with Crippen molar-refractivity contribution in [2.24, 2.45) is 7.05 Å². The van der Waals surface area contributed by atoms with Gasteiger partial charge in [-0.2, -0.15) is 0 Å². The molecule has 1 aliphatic rings. The van der Waals surface area contributed by atoms with Crippen molar-refractivity contribution in [2.75, 3.05) is 13.7 Å². The fraction of sp³-hybridized carbons (Fsp3) is 0.389. The summed E-state index contributed by atoms with van der Waals surface area (Å²) in [5, 5.41) is 0. The fourth-order valence-corrected chi connectivity index (χ4v) is 3.28. The molecule has 4 nitrogen and oxygen atoms in total. The van der Waals surface area contributed by atoms with Crippen molar-refractivity contribution in [3.05, 3.63) is 59.9 Å². The van der Waals surface area contributed by atoms with Gasteiger partial charge in [0.05, 0.1) is 12.1 Å². The summed E-state index contributed by atoms with van der Waals surface area (Å²) in [6.45, 7) is 0.750. The van der Waals surface area contributed by atoms with Crippen LogP contribution in [0.1, 0.15) is 22.5 Å². The number of amides is 1. The van der Waals surface area contributed by atoms with Gasteiger partial charge in [-0.05, 0) is 30.5 Å². The number of aromatic nitrogens is 1. The molecule has 0 spiro atoms. The zero-order valence-electron chi connectivity index (χ0n) is 13.1. The van der Waals surface area contributed by atoms with Gasteiger partial charge in [-0.3, -0.25) is 4.79 Å². The Labute approximate surface area is 131 Å². The Morgan fingerprint density at radius 1 is 1.23 bits per heavy atom. The molecule has 4 heteroatoms. The molecule has 1 fully saturated rings. The standard InChI is InChI=1S/C18H22N2O2/c1-19-11-6-9-15(19)18(21)20-12-10-17(22-2)16(20)13-14-7-4-3-5-8-14/h3-9,11,16-17H,10,12-13H2,1-2H3/t16-,17+/m0/s1. The largest absolute Gasteiger partial charge is 0.379 e. The van der Waals surface area contributed by atoms with Gasteiger partial charge in [0, 0.05) is 26.9 Å². The summed E-state index contributed by atoms with van der Waals surface area (Å²) in [7, 11) is 3.64. The van der Waals surface area contributed by atoms with Gasteiger partial charge in [-0.25, -0.2) is 0 Å². The van der Waals surface area contributed by atoms with E-state index in [1.165, 1.54) is 5.56 Å². The van der Waals surface area contributed by atoms with Crippen molar-refractivity contribution < 1.29 is 9.53 Å². The summed E-state index contributed by atoms with van der Waals surface area (Å²) >= 11 is 0. The molecule has 22 heavy (non-hydrogen) atoms. The van der Waals surface area contributed by atoms with Crippen molar-refractivity contribution in [2.45, 2.75) is 25.0 Å². The van der Waals surface area contributed by atoms with Crippen LogP contribution in [0.3, 0.4) is 0 Å². The first-order valence-electron chi connectivity index (χ1n) is 7.69. The van der Waals surface area contributed by atoms with Crippen LogP contribution < -0.4 is 0 Å². The number of carbonyl (C=O) groups excluding carboxylic acids is 1. The normalized spacial score (nSPS) is 21.3. The maximum absolute atomic E-state index is 12.8.